The highest BCUT2D eigenvalue weighted by Gasteiger charge is 2.44. The highest BCUT2D eigenvalue weighted by Crippen LogP contribution is 2.34. The Morgan fingerprint density at radius 3 is 2.50 bits per heavy atom. The van der Waals surface area contributed by atoms with Crippen molar-refractivity contribution in [3.63, 3.8) is 0 Å². The lowest BCUT2D eigenvalue weighted by Gasteiger charge is -2.16. The van der Waals surface area contributed by atoms with Gasteiger partial charge in [0.05, 0.1) is 0 Å². The molecule has 0 bridgehead atoms. The third-order valence-corrected chi connectivity index (χ3v) is 6.13. The molecule has 0 saturated heterocycles. The molecule has 0 heterocycles. The zero-order valence-corrected chi connectivity index (χ0v) is 11.4. The van der Waals surface area contributed by atoms with Gasteiger partial charge in [0.25, 0.3) is 3.12 Å². The van der Waals surface area contributed by atoms with E-state index in [0.717, 1.165) is 6.26 Å². The fourth-order valence-electron chi connectivity index (χ4n) is 1.02. The zero-order chi connectivity index (χ0) is 12.6. The molecule has 4 nitrogen and oxygen atoms in total. The fraction of sp³-hybridized carbons (Fsp3) is 0.222. The molecule has 0 aliphatic rings. The molecule has 7 heteroatoms. The molecule has 1 aromatic rings. The summed E-state index contributed by atoms with van der Waals surface area (Å²) in [5.74, 6) is -0.760. The number of halogens is 2. The molecule has 0 aliphatic carbocycles. The van der Waals surface area contributed by atoms with Crippen LogP contribution in [0.2, 0.25) is 0 Å². The summed E-state index contributed by atoms with van der Waals surface area (Å²) < 4.78 is 20.5. The number of Topliss-reactive ketones (excluding diaryl/α,β-unsaturated/α-hetero) is 1. The molecule has 1 aromatic carbocycles. The zero-order valence-electron chi connectivity index (χ0n) is 8.28. The number of anilines is 1. The minimum Gasteiger partial charge on any atom is -0.399 e. The van der Waals surface area contributed by atoms with Gasteiger partial charge in [0.2, 0.25) is 5.78 Å². The Labute approximate surface area is 107 Å². The average Bonchev–Trinajstić information content (AvgIpc) is 2.14. The van der Waals surface area contributed by atoms with Gasteiger partial charge in [0.1, 0.15) is 0 Å². The Kier molecular flexibility index (Phi) is 3.66. The Morgan fingerprint density at radius 2 is 2.06 bits per heavy atom. The second-order valence-corrected chi connectivity index (χ2v) is 8.36. The third-order valence-electron chi connectivity index (χ3n) is 1.88. The van der Waals surface area contributed by atoms with Crippen molar-refractivity contribution in [2.24, 2.45) is 0 Å². The fourth-order valence-corrected chi connectivity index (χ4v) is 1.81. The summed E-state index contributed by atoms with van der Waals surface area (Å²) >= 11 is 8.40. The molecule has 1 unspecified atom stereocenters. The highest BCUT2D eigenvalue weighted by molar-refractivity contribution is 9.12. The number of ketones is 1. The summed E-state index contributed by atoms with van der Waals surface area (Å²) in [5.41, 5.74) is 5.99. The molecule has 88 valence electrons. The van der Waals surface area contributed by atoms with Gasteiger partial charge in [0, 0.05) is 17.5 Å². The summed E-state index contributed by atoms with van der Waals surface area (Å²) in [6.07, 6.45) is 0.874. The van der Waals surface area contributed by atoms with Crippen molar-refractivity contribution in [3.8, 4) is 0 Å². The largest absolute Gasteiger partial charge is 0.399 e. The lowest BCUT2D eigenvalue weighted by molar-refractivity contribution is 0.1000. The summed E-state index contributed by atoms with van der Waals surface area (Å²) in [5, 5.41) is 0. The van der Waals surface area contributed by atoms with Crippen molar-refractivity contribution >= 4 is 48.8 Å². The van der Waals surface area contributed by atoms with Crippen LogP contribution in [0.3, 0.4) is 0 Å². The minimum absolute atomic E-state index is 0.136. The van der Waals surface area contributed by atoms with Crippen LogP contribution >= 0.6 is 27.5 Å². The van der Waals surface area contributed by atoms with Gasteiger partial charge < -0.3 is 5.73 Å². The number of nitrogen functional groups attached to an aromatic ring is 1. The molecular weight excluding hydrogens is 318 g/mol. The SMILES string of the molecule is CS(=O)(=O)C(Cl)(Br)C(=O)c1cccc(N)c1. The van der Waals surface area contributed by atoms with Crippen LogP contribution in [0.15, 0.2) is 24.3 Å². The Balaban J connectivity index is 3.23. The van der Waals surface area contributed by atoms with Crippen molar-refractivity contribution in [1.82, 2.24) is 0 Å². The van der Waals surface area contributed by atoms with E-state index in [0.29, 0.717) is 5.69 Å². The van der Waals surface area contributed by atoms with E-state index < -0.39 is 18.7 Å². The number of hydrogen-bond donors (Lipinski definition) is 1. The molecule has 0 radical (unpaired) electrons. The first kappa shape index (κ1) is 13.5. The lowest BCUT2D eigenvalue weighted by atomic mass is 10.1. The van der Waals surface area contributed by atoms with Gasteiger partial charge in [-0.3, -0.25) is 4.79 Å². The molecule has 0 aromatic heterocycles. The first-order chi connectivity index (χ1) is 7.16. The molecule has 16 heavy (non-hydrogen) atoms. The van der Waals surface area contributed by atoms with Gasteiger partial charge in [-0.1, -0.05) is 23.7 Å². The van der Waals surface area contributed by atoms with Crippen LogP contribution in [0.1, 0.15) is 10.4 Å². The first-order valence-corrected chi connectivity index (χ1v) is 7.20. The quantitative estimate of drug-likeness (QED) is 0.522. The summed E-state index contributed by atoms with van der Waals surface area (Å²) in [7, 11) is -3.77. The molecule has 0 fully saturated rings. The van der Waals surface area contributed by atoms with Crippen molar-refractivity contribution in [1.29, 1.82) is 0 Å². The number of hydrogen-bond acceptors (Lipinski definition) is 4. The highest BCUT2D eigenvalue weighted by atomic mass is 79.9. The Hall–Kier alpha value is -0.590. The Bertz CT molecular complexity index is 527. The van der Waals surface area contributed by atoms with Crippen molar-refractivity contribution in [2.75, 3.05) is 12.0 Å². The minimum atomic E-state index is -3.77. The van der Waals surface area contributed by atoms with E-state index in [4.69, 9.17) is 17.3 Å². The number of carbonyl (C=O) groups excluding carboxylic acids is 1. The van der Waals surface area contributed by atoms with Crippen LogP contribution in [0.4, 0.5) is 5.69 Å². The number of rotatable bonds is 3. The number of carbonyl (C=O) groups is 1. The standard InChI is InChI=1S/C9H9BrClNO3S/c1-16(14,15)9(10,11)8(13)6-3-2-4-7(12)5-6/h2-5H,12H2,1H3. The van der Waals surface area contributed by atoms with E-state index >= 15 is 0 Å². The second kappa shape index (κ2) is 4.35. The van der Waals surface area contributed by atoms with E-state index in [-0.39, 0.29) is 5.56 Å². The van der Waals surface area contributed by atoms with Gasteiger partial charge in [-0.2, -0.15) is 0 Å². The predicted octanol–water partition coefficient (Wildman–Crippen LogP) is 1.78. The van der Waals surface area contributed by atoms with E-state index in [2.05, 4.69) is 15.9 Å². The summed E-state index contributed by atoms with van der Waals surface area (Å²) in [4.78, 5) is 11.9. The van der Waals surface area contributed by atoms with E-state index in [9.17, 15) is 13.2 Å². The van der Waals surface area contributed by atoms with Gasteiger partial charge in [-0.15, -0.1) is 0 Å². The average molecular weight is 327 g/mol. The number of alkyl halides is 2. The summed E-state index contributed by atoms with van der Waals surface area (Å²) in [6.45, 7) is 0. The molecule has 1 atom stereocenters. The van der Waals surface area contributed by atoms with E-state index in [1.165, 1.54) is 12.1 Å². The number of nitrogens with two attached hydrogens (primary N) is 1. The van der Waals surface area contributed by atoms with Crippen LogP contribution in [0, 0.1) is 0 Å². The maximum atomic E-state index is 11.9. The van der Waals surface area contributed by atoms with Crippen LogP contribution in [-0.4, -0.2) is 23.6 Å². The molecule has 0 spiro atoms. The van der Waals surface area contributed by atoms with Crippen molar-refractivity contribution in [2.45, 2.75) is 3.12 Å². The normalized spacial score (nSPS) is 15.4. The maximum Gasteiger partial charge on any atom is 0.261 e. The monoisotopic (exact) mass is 325 g/mol. The predicted molar refractivity (Wildman–Crippen MR) is 67.5 cm³/mol. The lowest BCUT2D eigenvalue weighted by Crippen LogP contribution is -2.34. The third kappa shape index (κ3) is 2.56. The van der Waals surface area contributed by atoms with Crippen LogP contribution in [0.25, 0.3) is 0 Å². The van der Waals surface area contributed by atoms with Gasteiger partial charge >= 0.3 is 0 Å². The summed E-state index contributed by atoms with van der Waals surface area (Å²) in [6, 6.07) is 5.94. The van der Waals surface area contributed by atoms with Gasteiger partial charge in [0.15, 0.2) is 9.84 Å². The van der Waals surface area contributed by atoms with Crippen LogP contribution in [-0.2, 0) is 9.84 Å². The topological polar surface area (TPSA) is 77.2 Å². The van der Waals surface area contributed by atoms with Crippen molar-refractivity contribution < 1.29 is 13.2 Å². The Morgan fingerprint density at radius 1 is 1.50 bits per heavy atom. The van der Waals surface area contributed by atoms with Gasteiger partial charge in [-0.05, 0) is 28.1 Å². The second-order valence-electron chi connectivity index (χ2n) is 3.24. The number of sulfone groups is 1. The molecule has 0 amide bonds. The molecule has 0 aliphatic heterocycles. The van der Waals surface area contributed by atoms with Crippen LogP contribution < -0.4 is 5.73 Å². The van der Waals surface area contributed by atoms with E-state index in [1.807, 2.05) is 0 Å². The maximum absolute atomic E-state index is 11.9. The number of benzene rings is 1. The smallest absolute Gasteiger partial charge is 0.261 e. The molecule has 0 saturated carbocycles. The molecular formula is C9H9BrClNO3S. The van der Waals surface area contributed by atoms with Gasteiger partial charge in [-0.25, -0.2) is 8.42 Å². The van der Waals surface area contributed by atoms with Crippen molar-refractivity contribution in [3.05, 3.63) is 29.8 Å². The molecule has 2 N–H and O–H groups in total. The van der Waals surface area contributed by atoms with E-state index in [1.54, 1.807) is 12.1 Å². The molecule has 1 rings (SSSR count). The van der Waals surface area contributed by atoms with Crippen LogP contribution in [0.5, 0.6) is 0 Å². The first-order valence-electron chi connectivity index (χ1n) is 4.14.